The molecule has 0 radical (unpaired) electrons. The Morgan fingerprint density at radius 3 is 2.92 bits per heavy atom. The fourth-order valence-corrected chi connectivity index (χ4v) is 1.34. The van der Waals surface area contributed by atoms with Gasteiger partial charge in [0.25, 0.3) is 0 Å². The number of rotatable bonds is 3. The molecule has 1 atom stereocenters. The molecule has 1 heterocycles. The van der Waals surface area contributed by atoms with E-state index in [1.807, 2.05) is 18.5 Å². The molecule has 0 aromatic heterocycles. The van der Waals surface area contributed by atoms with E-state index >= 15 is 0 Å². The maximum Gasteiger partial charge on any atom is 0.0264 e. The van der Waals surface area contributed by atoms with Crippen LogP contribution in [0.2, 0.25) is 0 Å². The molecule has 1 nitrogen and oxygen atoms in total. The lowest BCUT2D eigenvalue weighted by Gasteiger charge is -2.19. The number of allylic oxidation sites excluding steroid dienone is 3. The van der Waals surface area contributed by atoms with Gasteiger partial charge in [-0.1, -0.05) is 38.8 Å². The first kappa shape index (κ1) is 9.24. The average Bonchev–Trinajstić information content (AvgIpc) is 2.27. The van der Waals surface area contributed by atoms with Gasteiger partial charge in [-0.25, -0.2) is 0 Å². The Kier molecular flexibility index (Phi) is 3.27. The van der Waals surface area contributed by atoms with Crippen molar-refractivity contribution in [2.75, 3.05) is 0 Å². The van der Waals surface area contributed by atoms with E-state index in [0.29, 0.717) is 0 Å². The van der Waals surface area contributed by atoms with Crippen molar-refractivity contribution in [3.8, 4) is 0 Å². The molecule has 0 spiro atoms. The molecule has 0 fully saturated rings. The van der Waals surface area contributed by atoms with Crippen LogP contribution in [-0.4, -0.2) is 6.21 Å². The van der Waals surface area contributed by atoms with Gasteiger partial charge in [0.1, 0.15) is 0 Å². The zero-order chi connectivity index (χ0) is 8.86. The van der Waals surface area contributed by atoms with Gasteiger partial charge in [0.2, 0.25) is 0 Å². The summed E-state index contributed by atoms with van der Waals surface area (Å²) >= 11 is 0. The Bertz CT molecular complexity index is 195. The summed E-state index contributed by atoms with van der Waals surface area (Å²) in [6.45, 7) is 4.45. The maximum atomic E-state index is 4.21. The summed E-state index contributed by atoms with van der Waals surface area (Å²) in [5.74, 6) is 0. The minimum Gasteiger partial charge on any atom is -0.268 e. The fraction of sp³-hybridized carbons (Fsp3) is 0.545. The van der Waals surface area contributed by atoms with Gasteiger partial charge in [0, 0.05) is 17.8 Å². The first-order chi connectivity index (χ1) is 5.77. The zero-order valence-corrected chi connectivity index (χ0v) is 7.96. The molecule has 1 unspecified atom stereocenters. The van der Waals surface area contributed by atoms with Gasteiger partial charge in [-0.2, -0.15) is 0 Å². The number of hydrogen-bond acceptors (Lipinski definition) is 1. The van der Waals surface area contributed by atoms with E-state index in [1.165, 1.54) is 19.3 Å². The van der Waals surface area contributed by atoms with E-state index in [9.17, 15) is 0 Å². The topological polar surface area (TPSA) is 12.4 Å². The van der Waals surface area contributed by atoms with E-state index in [0.717, 1.165) is 0 Å². The number of hydrogen-bond donors (Lipinski definition) is 0. The van der Waals surface area contributed by atoms with Crippen molar-refractivity contribution in [3.63, 3.8) is 0 Å². The molecule has 12 heavy (non-hydrogen) atoms. The highest BCUT2D eigenvalue weighted by molar-refractivity contribution is 5.69. The monoisotopic (exact) mass is 163 g/mol. The predicted octanol–water partition coefficient (Wildman–Crippen LogP) is 3.34. The van der Waals surface area contributed by atoms with Crippen LogP contribution in [0.4, 0.5) is 0 Å². The molecule has 66 valence electrons. The van der Waals surface area contributed by atoms with Crippen LogP contribution in [0, 0.1) is 5.41 Å². The highest BCUT2D eigenvalue weighted by atomic mass is 14.7. The van der Waals surface area contributed by atoms with Crippen LogP contribution in [-0.2, 0) is 0 Å². The van der Waals surface area contributed by atoms with Gasteiger partial charge in [-0.15, -0.1) is 0 Å². The second-order valence-corrected chi connectivity index (χ2v) is 3.59. The van der Waals surface area contributed by atoms with Crippen LogP contribution in [0.25, 0.3) is 0 Å². The van der Waals surface area contributed by atoms with Crippen LogP contribution < -0.4 is 0 Å². The third-order valence-corrected chi connectivity index (χ3v) is 2.20. The van der Waals surface area contributed by atoms with E-state index in [1.54, 1.807) is 0 Å². The Morgan fingerprint density at radius 2 is 2.17 bits per heavy atom. The molecule has 1 aliphatic rings. The SMILES string of the molecule is CCCCC1(C)C=CC=CN=C1. The molecular weight excluding hydrogens is 146 g/mol. The summed E-state index contributed by atoms with van der Waals surface area (Å²) in [6.07, 6.45) is 13.9. The van der Waals surface area contributed by atoms with E-state index in [4.69, 9.17) is 0 Å². The lowest BCUT2D eigenvalue weighted by molar-refractivity contribution is 0.518. The number of nitrogens with zero attached hydrogens (tertiary/aromatic N) is 1. The maximum absolute atomic E-state index is 4.21. The lowest BCUT2D eigenvalue weighted by Crippen LogP contribution is -2.14. The van der Waals surface area contributed by atoms with Gasteiger partial charge < -0.3 is 0 Å². The third kappa shape index (κ3) is 2.65. The van der Waals surface area contributed by atoms with Gasteiger partial charge in [-0.3, -0.25) is 4.99 Å². The molecule has 0 aromatic carbocycles. The van der Waals surface area contributed by atoms with Crippen molar-refractivity contribution in [1.29, 1.82) is 0 Å². The molecule has 1 rings (SSSR count). The predicted molar refractivity (Wildman–Crippen MR) is 54.4 cm³/mol. The van der Waals surface area contributed by atoms with Crippen LogP contribution in [0.15, 0.2) is 29.4 Å². The molecule has 0 N–H and O–H groups in total. The summed E-state index contributed by atoms with van der Waals surface area (Å²) in [5, 5.41) is 0. The largest absolute Gasteiger partial charge is 0.268 e. The first-order valence-corrected chi connectivity index (χ1v) is 4.65. The molecule has 0 aromatic rings. The number of unbranched alkanes of at least 4 members (excludes halogenated alkanes) is 1. The minimum atomic E-state index is 0.180. The Labute approximate surface area is 74.9 Å². The van der Waals surface area contributed by atoms with Crippen molar-refractivity contribution in [2.45, 2.75) is 33.1 Å². The van der Waals surface area contributed by atoms with E-state index < -0.39 is 0 Å². The van der Waals surface area contributed by atoms with Crippen molar-refractivity contribution in [3.05, 3.63) is 24.4 Å². The van der Waals surface area contributed by atoms with E-state index in [-0.39, 0.29) is 5.41 Å². The van der Waals surface area contributed by atoms with Gasteiger partial charge in [0.15, 0.2) is 0 Å². The smallest absolute Gasteiger partial charge is 0.0264 e. The molecule has 1 heteroatoms. The summed E-state index contributed by atoms with van der Waals surface area (Å²) < 4.78 is 0. The minimum absolute atomic E-state index is 0.180. The Hall–Kier alpha value is -0.850. The van der Waals surface area contributed by atoms with Crippen LogP contribution in [0.5, 0.6) is 0 Å². The standard InChI is InChI=1S/C11H17N/c1-3-4-7-11(2)8-5-6-9-12-10-11/h5-6,8-10H,3-4,7H2,1-2H3. The number of aliphatic imine (C=N–C) groups is 1. The van der Waals surface area contributed by atoms with Gasteiger partial charge >= 0.3 is 0 Å². The van der Waals surface area contributed by atoms with Crippen LogP contribution in [0.3, 0.4) is 0 Å². The normalized spacial score (nSPS) is 27.5. The van der Waals surface area contributed by atoms with Gasteiger partial charge in [-0.05, 0) is 12.5 Å². The van der Waals surface area contributed by atoms with Crippen molar-refractivity contribution in [2.24, 2.45) is 10.4 Å². The summed E-state index contributed by atoms with van der Waals surface area (Å²) in [4.78, 5) is 4.21. The van der Waals surface area contributed by atoms with Gasteiger partial charge in [0.05, 0.1) is 0 Å². The molecule has 0 aliphatic carbocycles. The third-order valence-electron chi connectivity index (χ3n) is 2.20. The quantitative estimate of drug-likeness (QED) is 0.605. The molecule has 1 aliphatic heterocycles. The molecule has 0 bridgehead atoms. The Morgan fingerprint density at radius 1 is 1.33 bits per heavy atom. The van der Waals surface area contributed by atoms with Crippen LogP contribution >= 0.6 is 0 Å². The Balaban J connectivity index is 2.57. The molecule has 0 amide bonds. The lowest BCUT2D eigenvalue weighted by atomic mass is 9.86. The highest BCUT2D eigenvalue weighted by Gasteiger charge is 2.17. The fourth-order valence-electron chi connectivity index (χ4n) is 1.34. The summed E-state index contributed by atoms with van der Waals surface area (Å²) in [6, 6.07) is 0. The molecule has 0 saturated heterocycles. The van der Waals surface area contributed by atoms with Crippen molar-refractivity contribution >= 4 is 6.21 Å². The van der Waals surface area contributed by atoms with Crippen molar-refractivity contribution in [1.82, 2.24) is 0 Å². The second kappa shape index (κ2) is 4.24. The summed E-state index contributed by atoms with van der Waals surface area (Å²) in [5.41, 5.74) is 0.180. The van der Waals surface area contributed by atoms with Crippen LogP contribution in [0.1, 0.15) is 33.1 Å². The zero-order valence-electron chi connectivity index (χ0n) is 7.96. The van der Waals surface area contributed by atoms with E-state index in [2.05, 4.69) is 31.0 Å². The summed E-state index contributed by atoms with van der Waals surface area (Å²) in [7, 11) is 0. The average molecular weight is 163 g/mol. The van der Waals surface area contributed by atoms with Crippen molar-refractivity contribution < 1.29 is 0 Å². The second-order valence-electron chi connectivity index (χ2n) is 3.59. The molecular formula is C11H17N. The first-order valence-electron chi connectivity index (χ1n) is 4.65. The highest BCUT2D eigenvalue weighted by Crippen LogP contribution is 2.24. The molecule has 0 saturated carbocycles.